The summed E-state index contributed by atoms with van der Waals surface area (Å²) >= 11 is 0. The highest BCUT2D eigenvalue weighted by Gasteiger charge is 2.15. The molecule has 0 bridgehead atoms. The molecule has 0 aliphatic carbocycles. The van der Waals surface area contributed by atoms with E-state index in [9.17, 15) is 18.4 Å². The number of likely N-dealkylation sites (N-methyl/N-ethyl adjacent to an activating group) is 1. The average Bonchev–Trinajstić information content (AvgIpc) is 2.32. The van der Waals surface area contributed by atoms with Gasteiger partial charge in [-0.2, -0.15) is 0 Å². The maximum atomic E-state index is 13.3. The lowest BCUT2D eigenvalue weighted by atomic mass is 10.1. The number of rotatable bonds is 4. The van der Waals surface area contributed by atoms with E-state index in [0.717, 1.165) is 11.0 Å². The first-order valence-corrected chi connectivity index (χ1v) is 5.18. The number of nitrogens with zero attached hydrogens (tertiary/aromatic N) is 1. The van der Waals surface area contributed by atoms with Gasteiger partial charge < -0.3 is 9.64 Å². The Hall–Kier alpha value is -1.98. The van der Waals surface area contributed by atoms with Gasteiger partial charge in [0.2, 0.25) is 5.91 Å². The Labute approximate surface area is 103 Å². The Morgan fingerprint density at radius 1 is 1.33 bits per heavy atom. The molecule has 0 aromatic heterocycles. The molecule has 0 saturated carbocycles. The molecule has 18 heavy (non-hydrogen) atoms. The molecule has 4 nitrogen and oxygen atoms in total. The molecule has 0 unspecified atom stereocenters. The summed E-state index contributed by atoms with van der Waals surface area (Å²) in [5.74, 6) is -2.50. The van der Waals surface area contributed by atoms with Crippen molar-refractivity contribution in [3.63, 3.8) is 0 Å². The van der Waals surface area contributed by atoms with Gasteiger partial charge in [0.05, 0.1) is 13.5 Å². The molecule has 1 aromatic rings. The van der Waals surface area contributed by atoms with E-state index in [-0.39, 0.29) is 18.5 Å². The van der Waals surface area contributed by atoms with Crippen LogP contribution in [-0.2, 0) is 20.7 Å². The standard InChI is InChI=1S/C12H13F2NO3/c1-15(7-12(17)18-2)11(16)5-8-3-4-9(13)6-10(8)14/h3-4,6H,5,7H2,1-2H3. The van der Waals surface area contributed by atoms with Crippen LogP contribution in [0, 0.1) is 11.6 Å². The highest BCUT2D eigenvalue weighted by Crippen LogP contribution is 2.11. The molecule has 1 amide bonds. The van der Waals surface area contributed by atoms with Crippen molar-refractivity contribution < 1.29 is 23.1 Å². The van der Waals surface area contributed by atoms with Crippen LogP contribution in [-0.4, -0.2) is 37.5 Å². The molecule has 0 spiro atoms. The molecule has 0 N–H and O–H groups in total. The van der Waals surface area contributed by atoms with Crippen molar-refractivity contribution in [3.05, 3.63) is 35.4 Å². The van der Waals surface area contributed by atoms with Crippen LogP contribution >= 0.6 is 0 Å². The third kappa shape index (κ3) is 3.80. The molecule has 6 heteroatoms. The predicted molar refractivity (Wildman–Crippen MR) is 59.7 cm³/mol. The van der Waals surface area contributed by atoms with Gasteiger partial charge in [-0.3, -0.25) is 9.59 Å². The predicted octanol–water partition coefficient (Wildman–Crippen LogP) is 1.14. The largest absolute Gasteiger partial charge is 0.468 e. The van der Waals surface area contributed by atoms with E-state index in [4.69, 9.17) is 0 Å². The maximum absolute atomic E-state index is 13.3. The highest BCUT2D eigenvalue weighted by atomic mass is 19.1. The molecule has 0 radical (unpaired) electrons. The van der Waals surface area contributed by atoms with E-state index in [2.05, 4.69) is 4.74 Å². The number of carbonyl (C=O) groups excluding carboxylic acids is 2. The van der Waals surface area contributed by atoms with Crippen LogP contribution in [0.25, 0.3) is 0 Å². The summed E-state index contributed by atoms with van der Waals surface area (Å²) in [7, 11) is 2.61. The first kappa shape index (κ1) is 14.1. The zero-order chi connectivity index (χ0) is 13.7. The normalized spacial score (nSPS) is 10.0. The third-order valence-corrected chi connectivity index (χ3v) is 2.38. The van der Waals surface area contributed by atoms with Crippen molar-refractivity contribution in [3.8, 4) is 0 Å². The minimum Gasteiger partial charge on any atom is -0.468 e. The van der Waals surface area contributed by atoms with Crippen LogP contribution in [0.2, 0.25) is 0 Å². The molecule has 0 fully saturated rings. The fraction of sp³-hybridized carbons (Fsp3) is 0.333. The number of hydrogen-bond donors (Lipinski definition) is 0. The van der Waals surface area contributed by atoms with Crippen molar-refractivity contribution in [2.45, 2.75) is 6.42 Å². The lowest BCUT2D eigenvalue weighted by Gasteiger charge is -2.15. The van der Waals surface area contributed by atoms with Crippen molar-refractivity contribution in [2.75, 3.05) is 20.7 Å². The zero-order valence-electron chi connectivity index (χ0n) is 10.1. The molecule has 0 atom stereocenters. The van der Waals surface area contributed by atoms with E-state index in [1.807, 2.05) is 0 Å². The lowest BCUT2D eigenvalue weighted by molar-refractivity contribution is -0.145. The summed E-state index contributed by atoms with van der Waals surface area (Å²) in [6.45, 7) is -0.210. The molecule has 98 valence electrons. The summed E-state index contributed by atoms with van der Waals surface area (Å²) in [6.07, 6.45) is -0.237. The Kier molecular flexibility index (Phi) is 4.76. The topological polar surface area (TPSA) is 46.6 Å². The zero-order valence-corrected chi connectivity index (χ0v) is 10.1. The van der Waals surface area contributed by atoms with E-state index in [0.29, 0.717) is 6.07 Å². The summed E-state index contributed by atoms with van der Waals surface area (Å²) < 4.78 is 30.4. The van der Waals surface area contributed by atoms with Gasteiger partial charge in [0, 0.05) is 13.1 Å². The number of carbonyl (C=O) groups is 2. The van der Waals surface area contributed by atoms with Crippen molar-refractivity contribution in [2.24, 2.45) is 0 Å². The Morgan fingerprint density at radius 2 is 2.00 bits per heavy atom. The minimum atomic E-state index is -0.783. The van der Waals surface area contributed by atoms with Gasteiger partial charge in [0.25, 0.3) is 0 Å². The fourth-order valence-electron chi connectivity index (χ4n) is 1.31. The van der Waals surface area contributed by atoms with Gasteiger partial charge >= 0.3 is 5.97 Å². The number of benzene rings is 1. The van der Waals surface area contributed by atoms with E-state index < -0.39 is 23.5 Å². The van der Waals surface area contributed by atoms with E-state index in [1.54, 1.807) is 0 Å². The number of amides is 1. The molecule has 1 aromatic carbocycles. The number of esters is 1. The molecule has 0 saturated heterocycles. The van der Waals surface area contributed by atoms with Gasteiger partial charge in [0.1, 0.15) is 18.2 Å². The van der Waals surface area contributed by atoms with Gasteiger partial charge in [-0.05, 0) is 11.6 Å². The average molecular weight is 257 g/mol. The maximum Gasteiger partial charge on any atom is 0.325 e. The lowest BCUT2D eigenvalue weighted by Crippen LogP contribution is -2.33. The third-order valence-electron chi connectivity index (χ3n) is 2.38. The Bertz CT molecular complexity index is 463. The number of methoxy groups -OCH3 is 1. The van der Waals surface area contributed by atoms with E-state index in [1.165, 1.54) is 20.2 Å². The summed E-state index contributed by atoms with van der Waals surface area (Å²) in [4.78, 5) is 23.7. The smallest absolute Gasteiger partial charge is 0.325 e. The Balaban J connectivity index is 2.66. The first-order valence-electron chi connectivity index (χ1n) is 5.18. The Morgan fingerprint density at radius 3 is 2.56 bits per heavy atom. The second-order valence-corrected chi connectivity index (χ2v) is 3.74. The SMILES string of the molecule is COC(=O)CN(C)C(=O)Cc1ccc(F)cc1F. The monoisotopic (exact) mass is 257 g/mol. The van der Waals surface area contributed by atoms with Crippen LogP contribution in [0.4, 0.5) is 8.78 Å². The quantitative estimate of drug-likeness (QED) is 0.760. The van der Waals surface area contributed by atoms with Gasteiger partial charge in [-0.1, -0.05) is 6.07 Å². The van der Waals surface area contributed by atoms with Gasteiger partial charge in [0.15, 0.2) is 0 Å². The molecular weight excluding hydrogens is 244 g/mol. The van der Waals surface area contributed by atoms with Crippen LogP contribution in [0.15, 0.2) is 18.2 Å². The summed E-state index contributed by atoms with van der Waals surface area (Å²) in [5, 5.41) is 0. The van der Waals surface area contributed by atoms with Crippen molar-refractivity contribution in [1.29, 1.82) is 0 Å². The second-order valence-electron chi connectivity index (χ2n) is 3.74. The van der Waals surface area contributed by atoms with Crippen LogP contribution in [0.3, 0.4) is 0 Å². The summed E-state index contributed by atoms with van der Waals surface area (Å²) in [6, 6.07) is 2.99. The fourth-order valence-corrected chi connectivity index (χ4v) is 1.31. The van der Waals surface area contributed by atoms with Crippen molar-refractivity contribution in [1.82, 2.24) is 4.90 Å². The van der Waals surface area contributed by atoms with Crippen molar-refractivity contribution >= 4 is 11.9 Å². The van der Waals surface area contributed by atoms with Gasteiger partial charge in [-0.15, -0.1) is 0 Å². The number of hydrogen-bond acceptors (Lipinski definition) is 3. The molecule has 0 heterocycles. The molecule has 0 aliphatic rings. The number of halogens is 2. The van der Waals surface area contributed by atoms with Crippen LogP contribution in [0.5, 0.6) is 0 Å². The summed E-state index contributed by atoms with van der Waals surface area (Å²) in [5.41, 5.74) is 0.0816. The van der Waals surface area contributed by atoms with Gasteiger partial charge in [-0.25, -0.2) is 8.78 Å². The second kappa shape index (κ2) is 6.09. The molecule has 1 rings (SSSR count). The number of ether oxygens (including phenoxy) is 1. The molecule has 0 aliphatic heterocycles. The molecular formula is C12H13F2NO3. The van der Waals surface area contributed by atoms with Crippen LogP contribution in [0.1, 0.15) is 5.56 Å². The van der Waals surface area contributed by atoms with E-state index >= 15 is 0 Å². The minimum absolute atomic E-state index is 0.0816. The highest BCUT2D eigenvalue weighted by molar-refractivity contribution is 5.83. The first-order chi connectivity index (χ1) is 8.43. The van der Waals surface area contributed by atoms with Crippen LogP contribution < -0.4 is 0 Å².